The van der Waals surface area contributed by atoms with Crippen LogP contribution in [0.1, 0.15) is 37.4 Å². The number of hydrogen-bond acceptors (Lipinski definition) is 2. The minimum Gasteiger partial charge on any atom is -0.207 e. The first-order valence-electron chi connectivity index (χ1n) is 7.60. The summed E-state index contributed by atoms with van der Waals surface area (Å²) in [6.45, 7) is 6.39. The Morgan fingerprint density at radius 1 is 1.00 bits per heavy atom. The van der Waals surface area contributed by atoms with E-state index in [1.165, 1.54) is 0 Å². The lowest BCUT2D eigenvalue weighted by Crippen LogP contribution is -2.34. The smallest absolute Gasteiger partial charge is 0.207 e. The number of sulfonamides is 1. The lowest BCUT2D eigenvalue weighted by molar-refractivity contribution is 0.342. The molecule has 1 atom stereocenters. The second kappa shape index (κ2) is 7.07. The topological polar surface area (TPSA) is 37.4 Å². The Labute approximate surface area is 133 Å². The van der Waals surface area contributed by atoms with E-state index in [4.69, 9.17) is 0 Å². The fourth-order valence-corrected chi connectivity index (χ4v) is 4.20. The van der Waals surface area contributed by atoms with E-state index in [0.717, 1.165) is 17.5 Å². The van der Waals surface area contributed by atoms with Gasteiger partial charge >= 0.3 is 0 Å². The maximum atomic E-state index is 13.0. The van der Waals surface area contributed by atoms with E-state index < -0.39 is 10.0 Å². The van der Waals surface area contributed by atoms with Crippen LogP contribution in [0.5, 0.6) is 0 Å². The number of aryl methyl sites for hydroxylation is 1. The summed E-state index contributed by atoms with van der Waals surface area (Å²) in [4.78, 5) is 0.356. The molecule has 0 saturated carbocycles. The molecule has 3 nitrogen and oxygen atoms in total. The molecule has 2 aromatic rings. The van der Waals surface area contributed by atoms with Gasteiger partial charge in [0.25, 0.3) is 0 Å². The van der Waals surface area contributed by atoms with E-state index in [2.05, 4.69) is 0 Å². The van der Waals surface area contributed by atoms with Crippen LogP contribution in [0, 0.1) is 6.92 Å². The molecule has 2 aromatic carbocycles. The van der Waals surface area contributed by atoms with Crippen molar-refractivity contribution in [1.82, 2.24) is 4.31 Å². The maximum absolute atomic E-state index is 13.0. The van der Waals surface area contributed by atoms with Gasteiger partial charge in [-0.25, -0.2) is 8.42 Å². The third-order valence-corrected chi connectivity index (χ3v) is 5.77. The highest BCUT2D eigenvalue weighted by Gasteiger charge is 2.29. The Balaban J connectivity index is 2.40. The average molecular weight is 317 g/mol. The van der Waals surface area contributed by atoms with Gasteiger partial charge in [-0.15, -0.1) is 0 Å². The van der Waals surface area contributed by atoms with Crippen LogP contribution in [0.4, 0.5) is 0 Å². The van der Waals surface area contributed by atoms with Gasteiger partial charge in [0.05, 0.1) is 4.90 Å². The molecule has 0 heterocycles. The van der Waals surface area contributed by atoms with Crippen molar-refractivity contribution in [3.05, 3.63) is 65.7 Å². The summed E-state index contributed by atoms with van der Waals surface area (Å²) in [7, 11) is -3.49. The predicted octanol–water partition coefficient (Wildman–Crippen LogP) is 4.16. The quantitative estimate of drug-likeness (QED) is 0.802. The monoisotopic (exact) mass is 317 g/mol. The SMILES string of the molecule is CCCN(C(C)c1ccccc1)S(=O)(=O)c1ccc(C)cc1. The minimum atomic E-state index is -3.49. The number of benzene rings is 2. The third kappa shape index (κ3) is 3.57. The molecule has 0 aromatic heterocycles. The Morgan fingerprint density at radius 2 is 1.59 bits per heavy atom. The van der Waals surface area contributed by atoms with Crippen LogP contribution in [0.3, 0.4) is 0 Å². The summed E-state index contributed by atoms with van der Waals surface area (Å²) in [5, 5.41) is 0. The summed E-state index contributed by atoms with van der Waals surface area (Å²) >= 11 is 0. The Morgan fingerprint density at radius 3 is 2.14 bits per heavy atom. The van der Waals surface area contributed by atoms with Crippen molar-refractivity contribution in [3.8, 4) is 0 Å². The fraction of sp³-hybridized carbons (Fsp3) is 0.333. The molecule has 0 N–H and O–H groups in total. The second-order valence-corrected chi connectivity index (χ2v) is 7.41. The van der Waals surface area contributed by atoms with Gasteiger partial charge in [-0.1, -0.05) is 55.0 Å². The highest BCUT2D eigenvalue weighted by atomic mass is 32.2. The highest BCUT2D eigenvalue weighted by Crippen LogP contribution is 2.27. The van der Waals surface area contributed by atoms with E-state index in [1.54, 1.807) is 16.4 Å². The first kappa shape index (κ1) is 16.7. The summed E-state index contributed by atoms with van der Waals surface area (Å²) in [6, 6.07) is 16.6. The van der Waals surface area contributed by atoms with Gasteiger partial charge in [-0.05, 0) is 38.0 Å². The Hall–Kier alpha value is -1.65. The largest absolute Gasteiger partial charge is 0.243 e. The van der Waals surface area contributed by atoms with E-state index in [9.17, 15) is 8.42 Å². The third-order valence-electron chi connectivity index (χ3n) is 3.79. The van der Waals surface area contributed by atoms with Crippen molar-refractivity contribution in [2.24, 2.45) is 0 Å². The first-order valence-corrected chi connectivity index (χ1v) is 9.04. The zero-order valence-electron chi connectivity index (χ0n) is 13.4. The van der Waals surface area contributed by atoms with Crippen molar-refractivity contribution in [1.29, 1.82) is 0 Å². The summed E-state index contributed by atoms with van der Waals surface area (Å²) < 4.78 is 27.5. The van der Waals surface area contributed by atoms with Crippen LogP contribution in [0.15, 0.2) is 59.5 Å². The normalized spacial score (nSPS) is 13.3. The van der Waals surface area contributed by atoms with Gasteiger partial charge in [0, 0.05) is 12.6 Å². The molecule has 22 heavy (non-hydrogen) atoms. The van der Waals surface area contributed by atoms with Crippen LogP contribution in [-0.4, -0.2) is 19.3 Å². The molecule has 4 heteroatoms. The molecule has 0 saturated heterocycles. The Kier molecular flexibility index (Phi) is 5.37. The van der Waals surface area contributed by atoms with Gasteiger partial charge in [0.15, 0.2) is 0 Å². The lowest BCUT2D eigenvalue weighted by Gasteiger charge is -2.28. The molecule has 0 aliphatic rings. The molecule has 0 radical (unpaired) electrons. The van der Waals surface area contributed by atoms with Gasteiger partial charge < -0.3 is 0 Å². The molecule has 118 valence electrons. The van der Waals surface area contributed by atoms with Crippen LogP contribution in [0.25, 0.3) is 0 Å². The predicted molar refractivity (Wildman–Crippen MR) is 90.2 cm³/mol. The van der Waals surface area contributed by atoms with Crippen molar-refractivity contribution in [2.45, 2.75) is 38.1 Å². The van der Waals surface area contributed by atoms with Crippen LogP contribution < -0.4 is 0 Å². The standard InChI is InChI=1S/C18H23NO2S/c1-4-14-19(16(3)17-8-6-5-7-9-17)22(20,21)18-12-10-15(2)11-13-18/h5-13,16H,4,14H2,1-3H3. The summed E-state index contributed by atoms with van der Waals surface area (Å²) in [5.74, 6) is 0. The molecule has 0 bridgehead atoms. The van der Waals surface area contributed by atoms with Gasteiger partial charge in [-0.2, -0.15) is 4.31 Å². The van der Waals surface area contributed by atoms with Gasteiger partial charge in [0.1, 0.15) is 0 Å². The molecule has 0 fully saturated rings. The van der Waals surface area contributed by atoms with Crippen LogP contribution in [-0.2, 0) is 10.0 Å². The van der Waals surface area contributed by atoms with E-state index in [0.29, 0.717) is 11.4 Å². The molecule has 2 rings (SSSR count). The van der Waals surface area contributed by atoms with E-state index >= 15 is 0 Å². The maximum Gasteiger partial charge on any atom is 0.243 e. The van der Waals surface area contributed by atoms with Crippen LogP contribution in [0.2, 0.25) is 0 Å². The molecule has 0 aliphatic heterocycles. The summed E-state index contributed by atoms with van der Waals surface area (Å²) in [5.41, 5.74) is 2.06. The first-order chi connectivity index (χ1) is 10.5. The van der Waals surface area contributed by atoms with Crippen molar-refractivity contribution < 1.29 is 8.42 Å². The van der Waals surface area contributed by atoms with Crippen molar-refractivity contribution in [3.63, 3.8) is 0 Å². The molecule has 0 spiro atoms. The molecule has 0 aliphatic carbocycles. The molecule has 0 amide bonds. The zero-order chi connectivity index (χ0) is 16.2. The van der Waals surface area contributed by atoms with E-state index in [-0.39, 0.29) is 6.04 Å². The van der Waals surface area contributed by atoms with Crippen molar-refractivity contribution >= 4 is 10.0 Å². The fourth-order valence-electron chi connectivity index (χ4n) is 2.49. The highest BCUT2D eigenvalue weighted by molar-refractivity contribution is 7.89. The summed E-state index contributed by atoms with van der Waals surface area (Å²) in [6.07, 6.45) is 0.780. The molecular weight excluding hydrogens is 294 g/mol. The second-order valence-electron chi connectivity index (χ2n) is 5.52. The minimum absolute atomic E-state index is 0.188. The lowest BCUT2D eigenvalue weighted by atomic mass is 10.1. The number of nitrogens with zero attached hydrogens (tertiary/aromatic N) is 1. The molecule has 1 unspecified atom stereocenters. The Bertz CT molecular complexity index is 694. The van der Waals surface area contributed by atoms with Gasteiger partial charge in [-0.3, -0.25) is 0 Å². The molecular formula is C18H23NO2S. The van der Waals surface area contributed by atoms with Crippen molar-refractivity contribution in [2.75, 3.05) is 6.54 Å². The zero-order valence-corrected chi connectivity index (χ0v) is 14.2. The van der Waals surface area contributed by atoms with Gasteiger partial charge in [0.2, 0.25) is 10.0 Å². The number of hydrogen-bond donors (Lipinski definition) is 0. The average Bonchev–Trinajstić information content (AvgIpc) is 2.53. The van der Waals surface area contributed by atoms with Crippen LogP contribution >= 0.6 is 0 Å². The van der Waals surface area contributed by atoms with E-state index in [1.807, 2.05) is 63.2 Å². The number of rotatable bonds is 6.